The highest BCUT2D eigenvalue weighted by Crippen LogP contribution is 2.31. The molecule has 0 radical (unpaired) electrons. The van der Waals surface area contributed by atoms with Gasteiger partial charge in [0.1, 0.15) is 5.75 Å². The van der Waals surface area contributed by atoms with E-state index in [9.17, 15) is 4.79 Å². The first kappa shape index (κ1) is 20.6. The molecule has 1 heterocycles. The number of thiazole rings is 1. The van der Waals surface area contributed by atoms with E-state index in [1.807, 2.05) is 35.2 Å². The lowest BCUT2D eigenvalue weighted by atomic mass is 10.2. The molecule has 5 nitrogen and oxygen atoms in total. The number of rotatable bonds is 8. The van der Waals surface area contributed by atoms with Crippen molar-refractivity contribution in [1.29, 1.82) is 0 Å². The highest BCUT2D eigenvalue weighted by Gasteiger charge is 2.21. The van der Waals surface area contributed by atoms with Crippen LogP contribution < -0.4 is 14.5 Å². The Hall–Kier alpha value is -2.09. The number of carbonyl (C=O) groups is 1. The van der Waals surface area contributed by atoms with Crippen molar-refractivity contribution < 1.29 is 14.4 Å². The summed E-state index contributed by atoms with van der Waals surface area (Å²) in [5, 5.41) is 0.783. The van der Waals surface area contributed by atoms with Gasteiger partial charge in [-0.3, -0.25) is 9.69 Å². The van der Waals surface area contributed by atoms with Gasteiger partial charge in [0, 0.05) is 4.90 Å². The number of fused-ring (bicyclic) bond motifs is 1. The number of amides is 1. The second-order valence-electron chi connectivity index (χ2n) is 6.88. The number of para-hydroxylation sites is 1. The van der Waals surface area contributed by atoms with Gasteiger partial charge < -0.3 is 9.64 Å². The van der Waals surface area contributed by atoms with Crippen molar-refractivity contribution in [3.63, 3.8) is 0 Å². The molecule has 2 aromatic carbocycles. The molecular weight excluding hydrogens is 390 g/mol. The van der Waals surface area contributed by atoms with E-state index < -0.39 is 0 Å². The number of nitrogens with zero attached hydrogens (tertiary/aromatic N) is 2. The summed E-state index contributed by atoms with van der Waals surface area (Å²) in [5.74, 6) is 1.28. The molecule has 0 atom stereocenters. The Balaban J connectivity index is 1.77. The van der Waals surface area contributed by atoms with Crippen molar-refractivity contribution in [2.24, 2.45) is 0 Å². The fourth-order valence-corrected chi connectivity index (χ4v) is 4.61. The SMILES string of the molecule is COc1ccc(SCC(=O)N(CC[NH+](C)C)c2nc3c(C)cccc3s2)cc1. The van der Waals surface area contributed by atoms with Crippen molar-refractivity contribution in [2.45, 2.75) is 11.8 Å². The molecule has 0 spiro atoms. The van der Waals surface area contributed by atoms with E-state index >= 15 is 0 Å². The maximum Gasteiger partial charge on any atom is 0.239 e. The Morgan fingerprint density at radius 1 is 1.21 bits per heavy atom. The number of benzene rings is 2. The minimum absolute atomic E-state index is 0.0822. The van der Waals surface area contributed by atoms with Crippen LogP contribution in [-0.2, 0) is 4.79 Å². The van der Waals surface area contributed by atoms with Crippen LogP contribution in [0.3, 0.4) is 0 Å². The predicted octanol–water partition coefficient (Wildman–Crippen LogP) is 2.88. The average molecular weight is 417 g/mol. The first-order chi connectivity index (χ1) is 13.5. The molecule has 0 saturated carbocycles. The first-order valence-electron chi connectivity index (χ1n) is 9.20. The largest absolute Gasteiger partial charge is 0.497 e. The topological polar surface area (TPSA) is 46.9 Å². The molecule has 0 bridgehead atoms. The summed E-state index contributed by atoms with van der Waals surface area (Å²) >= 11 is 3.12. The van der Waals surface area contributed by atoms with E-state index in [0.717, 1.165) is 38.1 Å². The molecule has 1 N–H and O–H groups in total. The van der Waals surface area contributed by atoms with Crippen molar-refractivity contribution in [2.75, 3.05) is 44.9 Å². The fourth-order valence-electron chi connectivity index (χ4n) is 2.75. The van der Waals surface area contributed by atoms with E-state index in [1.165, 1.54) is 16.7 Å². The molecule has 3 rings (SSSR count). The van der Waals surface area contributed by atoms with E-state index in [4.69, 9.17) is 9.72 Å². The number of carbonyl (C=O) groups excluding carboxylic acids is 1. The standard InChI is InChI=1S/C21H25N3O2S2/c1-15-6-5-7-18-20(15)22-21(28-18)24(13-12-23(2)3)19(25)14-27-17-10-8-16(26-4)9-11-17/h5-11H,12-14H2,1-4H3/p+1. The summed E-state index contributed by atoms with van der Waals surface area (Å²) < 4.78 is 6.31. The van der Waals surface area contributed by atoms with Crippen LogP contribution in [0.25, 0.3) is 10.2 Å². The van der Waals surface area contributed by atoms with Crippen LogP contribution >= 0.6 is 23.1 Å². The lowest BCUT2D eigenvalue weighted by molar-refractivity contribution is -0.856. The highest BCUT2D eigenvalue weighted by atomic mass is 32.2. The van der Waals surface area contributed by atoms with Crippen LogP contribution in [0.4, 0.5) is 5.13 Å². The second-order valence-corrected chi connectivity index (χ2v) is 8.94. The Bertz CT molecular complexity index is 938. The van der Waals surface area contributed by atoms with Gasteiger partial charge in [-0.1, -0.05) is 23.5 Å². The molecule has 28 heavy (non-hydrogen) atoms. The van der Waals surface area contributed by atoms with Crippen LogP contribution in [0.1, 0.15) is 5.56 Å². The number of anilines is 1. The molecule has 0 aliphatic heterocycles. The Kier molecular flexibility index (Phi) is 6.93. The summed E-state index contributed by atoms with van der Waals surface area (Å²) in [6.45, 7) is 3.58. The van der Waals surface area contributed by atoms with E-state index in [-0.39, 0.29) is 5.91 Å². The predicted molar refractivity (Wildman–Crippen MR) is 118 cm³/mol. The maximum atomic E-state index is 13.1. The third-order valence-electron chi connectivity index (χ3n) is 4.40. The van der Waals surface area contributed by atoms with Gasteiger partial charge in [-0.15, -0.1) is 11.8 Å². The number of hydrogen-bond donors (Lipinski definition) is 1. The molecular formula is C21H26N3O2S2+. The minimum Gasteiger partial charge on any atom is -0.497 e. The maximum absolute atomic E-state index is 13.1. The van der Waals surface area contributed by atoms with Crippen molar-refractivity contribution >= 4 is 44.4 Å². The minimum atomic E-state index is 0.0822. The number of nitrogens with one attached hydrogen (secondary N) is 1. The van der Waals surface area contributed by atoms with Gasteiger partial charge in [0.05, 0.1) is 50.3 Å². The number of methoxy groups -OCH3 is 1. The van der Waals surface area contributed by atoms with E-state index in [1.54, 1.807) is 18.4 Å². The van der Waals surface area contributed by atoms with E-state index in [2.05, 4.69) is 33.2 Å². The highest BCUT2D eigenvalue weighted by molar-refractivity contribution is 8.00. The van der Waals surface area contributed by atoms with Crippen LogP contribution in [0.15, 0.2) is 47.4 Å². The average Bonchev–Trinajstić information content (AvgIpc) is 3.12. The second kappa shape index (κ2) is 9.41. The molecule has 0 unspecified atom stereocenters. The number of hydrogen-bond acceptors (Lipinski definition) is 5. The van der Waals surface area contributed by atoms with Gasteiger partial charge in [0.15, 0.2) is 5.13 Å². The van der Waals surface area contributed by atoms with Gasteiger partial charge in [0.25, 0.3) is 0 Å². The summed E-state index contributed by atoms with van der Waals surface area (Å²) in [6.07, 6.45) is 0. The zero-order valence-electron chi connectivity index (χ0n) is 16.7. The lowest BCUT2D eigenvalue weighted by Gasteiger charge is -2.20. The van der Waals surface area contributed by atoms with Crippen LogP contribution in [0.2, 0.25) is 0 Å². The normalized spacial score (nSPS) is 11.2. The third kappa shape index (κ3) is 5.04. The number of aromatic nitrogens is 1. The number of ether oxygens (including phenoxy) is 1. The summed E-state index contributed by atoms with van der Waals surface area (Å²) in [4.78, 5) is 22.0. The van der Waals surface area contributed by atoms with Gasteiger partial charge in [-0.25, -0.2) is 4.98 Å². The molecule has 1 aromatic heterocycles. The number of aryl methyl sites for hydroxylation is 1. The number of thioether (sulfide) groups is 1. The lowest BCUT2D eigenvalue weighted by Crippen LogP contribution is -3.06. The van der Waals surface area contributed by atoms with Crippen molar-refractivity contribution in [1.82, 2.24) is 4.98 Å². The number of quaternary nitrogens is 1. The molecule has 1 amide bonds. The van der Waals surface area contributed by atoms with Gasteiger partial charge in [0.2, 0.25) is 5.91 Å². The fraction of sp³-hybridized carbons (Fsp3) is 0.333. The summed E-state index contributed by atoms with van der Waals surface area (Å²) in [5.41, 5.74) is 2.12. The Morgan fingerprint density at radius 2 is 1.96 bits per heavy atom. The Morgan fingerprint density at radius 3 is 2.61 bits per heavy atom. The molecule has 0 saturated heterocycles. The summed E-state index contributed by atoms with van der Waals surface area (Å²) in [7, 11) is 5.84. The van der Waals surface area contributed by atoms with Crippen LogP contribution in [0.5, 0.6) is 5.75 Å². The molecule has 0 aliphatic carbocycles. The van der Waals surface area contributed by atoms with Crippen molar-refractivity contribution in [3.8, 4) is 5.75 Å². The van der Waals surface area contributed by atoms with Gasteiger partial charge in [-0.05, 0) is 42.8 Å². The zero-order chi connectivity index (χ0) is 20.1. The third-order valence-corrected chi connectivity index (χ3v) is 6.44. The monoisotopic (exact) mass is 416 g/mol. The zero-order valence-corrected chi connectivity index (χ0v) is 18.3. The van der Waals surface area contributed by atoms with Gasteiger partial charge >= 0.3 is 0 Å². The Labute approximate surface area is 174 Å². The molecule has 3 aromatic rings. The molecule has 7 heteroatoms. The van der Waals surface area contributed by atoms with Crippen molar-refractivity contribution in [3.05, 3.63) is 48.0 Å². The molecule has 0 fully saturated rings. The van der Waals surface area contributed by atoms with Crippen LogP contribution in [-0.4, -0.2) is 50.9 Å². The number of likely N-dealkylation sites (N-methyl/N-ethyl adjacent to an activating group) is 1. The molecule has 148 valence electrons. The van der Waals surface area contributed by atoms with Crippen LogP contribution in [0, 0.1) is 6.92 Å². The first-order valence-corrected chi connectivity index (χ1v) is 11.0. The quantitative estimate of drug-likeness (QED) is 0.574. The molecule has 0 aliphatic rings. The summed E-state index contributed by atoms with van der Waals surface area (Å²) in [6, 6.07) is 13.9. The van der Waals surface area contributed by atoms with E-state index in [0.29, 0.717) is 12.3 Å². The van der Waals surface area contributed by atoms with Gasteiger partial charge in [-0.2, -0.15) is 0 Å². The smallest absolute Gasteiger partial charge is 0.239 e.